The van der Waals surface area contributed by atoms with Crippen LogP contribution in [0.5, 0.6) is 0 Å². The molecule has 0 aromatic heterocycles. The van der Waals surface area contributed by atoms with Gasteiger partial charge in [0.1, 0.15) is 5.25 Å². The van der Waals surface area contributed by atoms with Crippen LogP contribution in [0.15, 0.2) is 102 Å². The molecule has 4 aromatic carbocycles. The lowest BCUT2D eigenvalue weighted by Gasteiger charge is -2.18. The number of carbonyl (C=O) groups excluding carboxylic acids is 2. The van der Waals surface area contributed by atoms with Crippen LogP contribution >= 0.6 is 11.8 Å². The summed E-state index contributed by atoms with van der Waals surface area (Å²) < 4.78 is 0. The Hall–Kier alpha value is -5.03. The van der Waals surface area contributed by atoms with Gasteiger partial charge in [0, 0.05) is 46.1 Å². The van der Waals surface area contributed by atoms with Gasteiger partial charge in [-0.1, -0.05) is 36.4 Å². The van der Waals surface area contributed by atoms with E-state index in [1.54, 1.807) is 31.2 Å². The first kappa shape index (κ1) is 27.0. The number of aryl methyl sites for hydroxylation is 1. The highest BCUT2D eigenvalue weighted by molar-refractivity contribution is 8.00. The number of nitro groups is 2. The van der Waals surface area contributed by atoms with Gasteiger partial charge in [-0.2, -0.15) is 0 Å². The van der Waals surface area contributed by atoms with Crippen LogP contribution in [0, 0.1) is 27.2 Å². The number of rotatable bonds is 9. The third-order valence-corrected chi connectivity index (χ3v) is 6.97. The molecule has 4 rings (SSSR count). The Kier molecular flexibility index (Phi) is 8.32. The number of nitrogens with one attached hydrogen (secondary N) is 2. The summed E-state index contributed by atoms with van der Waals surface area (Å²) in [4.78, 5) is 47.7. The van der Waals surface area contributed by atoms with Crippen molar-refractivity contribution in [1.29, 1.82) is 0 Å². The number of nitrogens with zero attached hydrogens (tertiary/aromatic N) is 2. The van der Waals surface area contributed by atoms with Gasteiger partial charge in [0.15, 0.2) is 0 Å². The van der Waals surface area contributed by atoms with E-state index < -0.39 is 21.0 Å². The van der Waals surface area contributed by atoms with E-state index in [1.807, 2.05) is 30.3 Å². The van der Waals surface area contributed by atoms with Crippen LogP contribution in [0.2, 0.25) is 0 Å². The van der Waals surface area contributed by atoms with Crippen LogP contribution in [0.1, 0.15) is 26.7 Å². The van der Waals surface area contributed by atoms with Gasteiger partial charge in [0.25, 0.3) is 17.3 Å². The van der Waals surface area contributed by atoms with E-state index >= 15 is 0 Å². The molecule has 1 unspecified atom stereocenters. The molecule has 2 N–H and O–H groups in total. The van der Waals surface area contributed by atoms with Crippen molar-refractivity contribution in [3.8, 4) is 0 Å². The molecule has 11 heteroatoms. The maximum Gasteiger partial charge on any atom is 0.270 e. The maximum atomic E-state index is 13.4. The zero-order valence-electron chi connectivity index (χ0n) is 20.6. The van der Waals surface area contributed by atoms with E-state index in [1.165, 1.54) is 54.2 Å². The summed E-state index contributed by atoms with van der Waals surface area (Å²) in [6.45, 7) is 1.69. The molecule has 10 nitrogen and oxygen atoms in total. The van der Waals surface area contributed by atoms with E-state index in [4.69, 9.17) is 0 Å². The number of non-ortho nitro benzene ring substituents is 2. The highest BCUT2D eigenvalue weighted by Crippen LogP contribution is 2.37. The zero-order valence-corrected chi connectivity index (χ0v) is 21.4. The Morgan fingerprint density at radius 2 is 1.44 bits per heavy atom. The van der Waals surface area contributed by atoms with Crippen molar-refractivity contribution in [3.05, 3.63) is 134 Å². The van der Waals surface area contributed by atoms with Crippen LogP contribution in [0.4, 0.5) is 22.7 Å². The number of amides is 2. The predicted molar refractivity (Wildman–Crippen MR) is 149 cm³/mol. The van der Waals surface area contributed by atoms with E-state index in [9.17, 15) is 29.8 Å². The number of nitro benzene ring substituents is 2. The van der Waals surface area contributed by atoms with Gasteiger partial charge in [-0.05, 0) is 54.4 Å². The third kappa shape index (κ3) is 6.84. The molecule has 0 bridgehead atoms. The van der Waals surface area contributed by atoms with Crippen molar-refractivity contribution < 1.29 is 19.4 Å². The minimum Gasteiger partial charge on any atom is -0.325 e. The Balaban J connectivity index is 1.50. The summed E-state index contributed by atoms with van der Waals surface area (Å²) in [5, 5.41) is 27.0. The fraction of sp³-hybridized carbons (Fsp3) is 0.0714. The molecule has 39 heavy (non-hydrogen) atoms. The van der Waals surface area contributed by atoms with Crippen molar-refractivity contribution in [1.82, 2.24) is 0 Å². The highest BCUT2D eigenvalue weighted by atomic mass is 32.2. The molecule has 0 saturated heterocycles. The molecule has 0 saturated carbocycles. The van der Waals surface area contributed by atoms with Crippen molar-refractivity contribution in [3.63, 3.8) is 0 Å². The van der Waals surface area contributed by atoms with Crippen molar-refractivity contribution >= 4 is 46.3 Å². The van der Waals surface area contributed by atoms with Crippen LogP contribution in [-0.2, 0) is 4.79 Å². The normalized spacial score (nSPS) is 11.3. The molecule has 0 radical (unpaired) electrons. The van der Waals surface area contributed by atoms with E-state index in [0.717, 1.165) is 10.5 Å². The molecular weight excluding hydrogens is 520 g/mol. The van der Waals surface area contributed by atoms with Gasteiger partial charge < -0.3 is 10.6 Å². The van der Waals surface area contributed by atoms with Crippen LogP contribution in [-0.4, -0.2) is 21.7 Å². The summed E-state index contributed by atoms with van der Waals surface area (Å²) in [7, 11) is 0. The lowest BCUT2D eigenvalue weighted by Crippen LogP contribution is -2.19. The fourth-order valence-corrected chi connectivity index (χ4v) is 4.74. The summed E-state index contributed by atoms with van der Waals surface area (Å²) in [6.07, 6.45) is 0. The van der Waals surface area contributed by atoms with Gasteiger partial charge in [-0.15, -0.1) is 11.8 Å². The quantitative estimate of drug-likeness (QED) is 0.139. The molecule has 4 aromatic rings. The summed E-state index contributed by atoms with van der Waals surface area (Å²) in [6, 6.07) is 25.8. The summed E-state index contributed by atoms with van der Waals surface area (Å²) in [5.74, 6) is -0.787. The topological polar surface area (TPSA) is 144 Å². The highest BCUT2D eigenvalue weighted by Gasteiger charge is 2.23. The second-order valence-electron chi connectivity index (χ2n) is 8.44. The molecule has 0 aliphatic heterocycles. The van der Waals surface area contributed by atoms with Crippen molar-refractivity contribution in [2.24, 2.45) is 0 Å². The molecule has 2 amide bonds. The van der Waals surface area contributed by atoms with E-state index in [-0.39, 0.29) is 22.8 Å². The fourth-order valence-electron chi connectivity index (χ4n) is 3.72. The Morgan fingerprint density at radius 3 is 2.08 bits per heavy atom. The summed E-state index contributed by atoms with van der Waals surface area (Å²) >= 11 is 1.30. The Labute approximate surface area is 227 Å². The molecule has 0 aliphatic carbocycles. The molecule has 0 fully saturated rings. The number of anilines is 2. The number of thioether (sulfide) groups is 1. The average Bonchev–Trinajstić information content (AvgIpc) is 2.94. The second-order valence-corrected chi connectivity index (χ2v) is 9.62. The first-order valence-corrected chi connectivity index (χ1v) is 12.5. The smallest absolute Gasteiger partial charge is 0.270 e. The van der Waals surface area contributed by atoms with Gasteiger partial charge in [-0.25, -0.2) is 0 Å². The molecule has 196 valence electrons. The summed E-state index contributed by atoms with van der Waals surface area (Å²) in [5.41, 5.74) is 2.22. The average molecular weight is 543 g/mol. The second kappa shape index (κ2) is 12.0. The van der Waals surface area contributed by atoms with Crippen LogP contribution in [0.3, 0.4) is 0 Å². The Bertz CT molecular complexity index is 1540. The number of hydrogen-bond acceptors (Lipinski definition) is 7. The molecule has 0 aliphatic rings. The molecule has 1 atom stereocenters. The molecule has 0 heterocycles. The monoisotopic (exact) mass is 542 g/mol. The minimum absolute atomic E-state index is 0.0582. The Morgan fingerprint density at radius 1 is 0.769 bits per heavy atom. The van der Waals surface area contributed by atoms with Gasteiger partial charge >= 0.3 is 0 Å². The predicted octanol–water partition coefficient (Wildman–Crippen LogP) is 6.54. The van der Waals surface area contributed by atoms with E-state index in [2.05, 4.69) is 10.6 Å². The maximum absolute atomic E-state index is 13.4. The number of benzene rings is 4. The SMILES string of the molecule is Cc1cc([N+](=O)[O-])ccc1NC(=O)C(Sc1ccc(NC(=O)c2cccc([N+](=O)[O-])c2)cc1)c1ccccc1. The van der Waals surface area contributed by atoms with Crippen molar-refractivity contribution in [2.45, 2.75) is 17.1 Å². The number of carbonyl (C=O) groups is 2. The standard InChI is InChI=1S/C28H22N4O6S/c1-18-16-23(32(37)38)12-15-25(18)30-28(34)26(19-6-3-2-4-7-19)39-24-13-10-21(11-14-24)29-27(33)20-8-5-9-22(17-20)31(35)36/h2-17,26H,1H3,(H,29,33)(H,30,34). The largest absolute Gasteiger partial charge is 0.325 e. The van der Waals surface area contributed by atoms with Gasteiger partial charge in [-0.3, -0.25) is 29.8 Å². The van der Waals surface area contributed by atoms with Gasteiger partial charge in [0.2, 0.25) is 5.91 Å². The first-order valence-electron chi connectivity index (χ1n) is 11.6. The van der Waals surface area contributed by atoms with E-state index in [0.29, 0.717) is 16.9 Å². The molecular formula is C28H22N4O6S. The molecule has 0 spiro atoms. The zero-order chi connectivity index (χ0) is 27.9. The minimum atomic E-state index is -0.633. The van der Waals surface area contributed by atoms with Crippen LogP contribution in [0.25, 0.3) is 0 Å². The first-order chi connectivity index (χ1) is 18.7. The van der Waals surface area contributed by atoms with Gasteiger partial charge in [0.05, 0.1) is 9.85 Å². The van der Waals surface area contributed by atoms with Crippen LogP contribution < -0.4 is 10.6 Å². The van der Waals surface area contributed by atoms with Crippen molar-refractivity contribution in [2.75, 3.05) is 10.6 Å². The lowest BCUT2D eigenvalue weighted by atomic mass is 10.1. The lowest BCUT2D eigenvalue weighted by molar-refractivity contribution is -0.385. The number of hydrogen-bond donors (Lipinski definition) is 2. The third-order valence-electron chi connectivity index (χ3n) is 5.70.